The van der Waals surface area contributed by atoms with Crippen molar-refractivity contribution in [1.82, 2.24) is 19.5 Å². The third-order valence-electron chi connectivity index (χ3n) is 9.76. The van der Waals surface area contributed by atoms with E-state index in [-0.39, 0.29) is 0 Å². The number of hydrogen-bond acceptors (Lipinski definition) is 4. The summed E-state index contributed by atoms with van der Waals surface area (Å²) in [5, 5.41) is 1.20. The molecule has 244 valence electrons. The number of benzene rings is 7. The molecule has 0 atom stereocenters. The predicted octanol–water partition coefficient (Wildman–Crippen LogP) is 11.9. The molecule has 9 aromatic rings. The quantitative estimate of drug-likeness (QED) is 0.184. The molecular formula is C47H31N5. The molecule has 0 fully saturated rings. The minimum Gasteiger partial charge on any atom is -0.295 e. The average Bonchev–Trinajstić information content (AvgIpc) is 3.55. The predicted molar refractivity (Wildman–Crippen MR) is 212 cm³/mol. The normalized spacial score (nSPS) is 11.8. The maximum atomic E-state index is 4.99. The van der Waals surface area contributed by atoms with Crippen molar-refractivity contribution in [3.05, 3.63) is 188 Å². The largest absolute Gasteiger partial charge is 0.295 e. The molecular weight excluding hydrogens is 635 g/mol. The molecule has 0 radical (unpaired) electrons. The molecule has 52 heavy (non-hydrogen) atoms. The van der Waals surface area contributed by atoms with E-state index in [0.29, 0.717) is 17.5 Å². The molecule has 0 saturated heterocycles. The lowest BCUT2D eigenvalue weighted by atomic mass is 10.00. The van der Waals surface area contributed by atoms with Crippen molar-refractivity contribution in [2.24, 2.45) is 0 Å². The van der Waals surface area contributed by atoms with E-state index in [9.17, 15) is 0 Å². The lowest BCUT2D eigenvalue weighted by molar-refractivity contribution is 1.07. The second-order valence-electron chi connectivity index (χ2n) is 12.9. The second kappa shape index (κ2) is 12.3. The van der Waals surface area contributed by atoms with Gasteiger partial charge < -0.3 is 0 Å². The van der Waals surface area contributed by atoms with E-state index in [1.807, 2.05) is 60.7 Å². The van der Waals surface area contributed by atoms with E-state index in [1.165, 1.54) is 27.7 Å². The van der Waals surface area contributed by atoms with Gasteiger partial charge in [0.15, 0.2) is 17.5 Å². The molecule has 5 heteroatoms. The topological polar surface area (TPSA) is 46.8 Å². The third kappa shape index (κ3) is 5.07. The summed E-state index contributed by atoms with van der Waals surface area (Å²) in [6.07, 6.45) is 0. The molecule has 5 nitrogen and oxygen atoms in total. The minimum absolute atomic E-state index is 0.634. The van der Waals surface area contributed by atoms with Crippen molar-refractivity contribution in [3.63, 3.8) is 0 Å². The number of para-hydroxylation sites is 3. The van der Waals surface area contributed by atoms with Crippen LogP contribution in [0, 0.1) is 0 Å². The molecule has 0 unspecified atom stereocenters. The lowest BCUT2D eigenvalue weighted by Gasteiger charge is -2.26. The van der Waals surface area contributed by atoms with Gasteiger partial charge in [0.2, 0.25) is 0 Å². The van der Waals surface area contributed by atoms with Gasteiger partial charge in [-0.15, -0.1) is 0 Å². The van der Waals surface area contributed by atoms with Gasteiger partial charge >= 0.3 is 0 Å². The van der Waals surface area contributed by atoms with Crippen LogP contribution in [0.1, 0.15) is 0 Å². The first kappa shape index (κ1) is 29.8. The number of hydrogen-bond donors (Lipinski definition) is 0. The van der Waals surface area contributed by atoms with Gasteiger partial charge in [0, 0.05) is 38.9 Å². The smallest absolute Gasteiger partial charge is 0.164 e. The van der Waals surface area contributed by atoms with E-state index in [4.69, 9.17) is 15.0 Å². The zero-order chi connectivity index (χ0) is 34.4. The van der Waals surface area contributed by atoms with Crippen molar-refractivity contribution in [3.8, 4) is 62.1 Å². The Balaban J connectivity index is 1.12. The van der Waals surface area contributed by atoms with Crippen LogP contribution >= 0.6 is 0 Å². The summed E-state index contributed by atoms with van der Waals surface area (Å²) < 4.78 is 2.40. The first-order chi connectivity index (χ1) is 25.8. The van der Waals surface area contributed by atoms with Gasteiger partial charge in [-0.1, -0.05) is 146 Å². The summed E-state index contributed by atoms with van der Waals surface area (Å²) in [5.74, 6) is 3.02. The summed E-state index contributed by atoms with van der Waals surface area (Å²) in [6, 6.07) is 65.8. The maximum Gasteiger partial charge on any atom is 0.164 e. The molecule has 1 aliphatic rings. The Morgan fingerprint density at radius 1 is 0.346 bits per heavy atom. The van der Waals surface area contributed by atoms with Crippen molar-refractivity contribution in [2.75, 3.05) is 4.90 Å². The van der Waals surface area contributed by atoms with Crippen LogP contribution in [-0.4, -0.2) is 19.5 Å². The molecule has 0 saturated carbocycles. The van der Waals surface area contributed by atoms with Crippen LogP contribution in [0.3, 0.4) is 0 Å². The van der Waals surface area contributed by atoms with E-state index >= 15 is 0 Å². The summed E-state index contributed by atoms with van der Waals surface area (Å²) in [5.41, 5.74) is 11.9. The SMILES string of the molecule is c1ccc(-c2nc(-c3ccccc3)nc(-c3cccc(-c4cccc(N5c6ccccc6-c6ccccc6-n6c5cc5ccccc56)c4)c3)n2)cc1. The Morgan fingerprint density at radius 2 is 0.846 bits per heavy atom. The molecule has 2 aromatic heterocycles. The zero-order valence-electron chi connectivity index (χ0n) is 28.1. The van der Waals surface area contributed by atoms with E-state index in [0.717, 1.165) is 45.0 Å². The Kier molecular flexibility index (Phi) is 7.07. The Morgan fingerprint density at radius 3 is 1.56 bits per heavy atom. The number of rotatable bonds is 5. The Labute approximate surface area is 301 Å². The van der Waals surface area contributed by atoms with Crippen LogP contribution < -0.4 is 4.90 Å². The highest BCUT2D eigenvalue weighted by Gasteiger charge is 2.27. The summed E-state index contributed by atoms with van der Waals surface area (Å²) in [4.78, 5) is 17.3. The average molecular weight is 666 g/mol. The van der Waals surface area contributed by atoms with Crippen LogP contribution in [0.4, 0.5) is 17.2 Å². The summed E-state index contributed by atoms with van der Waals surface area (Å²) >= 11 is 0. The highest BCUT2D eigenvalue weighted by Crippen LogP contribution is 2.49. The van der Waals surface area contributed by atoms with Crippen LogP contribution in [0.15, 0.2) is 188 Å². The van der Waals surface area contributed by atoms with Crippen molar-refractivity contribution in [1.29, 1.82) is 0 Å². The molecule has 7 aromatic carbocycles. The lowest BCUT2D eigenvalue weighted by Crippen LogP contribution is -2.12. The van der Waals surface area contributed by atoms with Gasteiger partial charge in [-0.3, -0.25) is 9.47 Å². The Bertz CT molecular complexity index is 2690. The molecule has 0 N–H and O–H groups in total. The fourth-order valence-electron chi connectivity index (χ4n) is 7.35. The third-order valence-corrected chi connectivity index (χ3v) is 9.76. The van der Waals surface area contributed by atoms with Gasteiger partial charge in [-0.2, -0.15) is 0 Å². The highest BCUT2D eigenvalue weighted by atomic mass is 15.3. The minimum atomic E-state index is 0.634. The number of nitrogens with zero attached hydrogens (tertiary/aromatic N) is 5. The maximum absolute atomic E-state index is 4.99. The molecule has 3 heterocycles. The van der Waals surface area contributed by atoms with Crippen LogP contribution in [0.5, 0.6) is 0 Å². The second-order valence-corrected chi connectivity index (χ2v) is 12.9. The number of aromatic nitrogens is 4. The standard InChI is InChI=1S/C47H31N5/c1-3-15-32(16-4-1)45-48-46(33-17-5-2-6-18-33)50-47(49-45)37-22-13-20-34(29-37)35-21-14-23-38(30-35)51-42-27-11-8-24-39(42)40-25-9-12-28-43(40)52-41-26-10-7-19-36(41)31-44(51)52/h1-31H. The van der Waals surface area contributed by atoms with E-state index in [1.54, 1.807) is 0 Å². The monoisotopic (exact) mass is 665 g/mol. The Hall–Kier alpha value is -7.11. The van der Waals surface area contributed by atoms with E-state index < -0.39 is 0 Å². The number of anilines is 3. The molecule has 0 aliphatic carbocycles. The van der Waals surface area contributed by atoms with Crippen LogP contribution in [0.2, 0.25) is 0 Å². The highest BCUT2D eigenvalue weighted by molar-refractivity contribution is 5.99. The van der Waals surface area contributed by atoms with Crippen LogP contribution in [-0.2, 0) is 0 Å². The van der Waals surface area contributed by atoms with Crippen molar-refractivity contribution >= 4 is 28.1 Å². The van der Waals surface area contributed by atoms with Gasteiger partial charge in [0.05, 0.1) is 16.9 Å². The fraction of sp³-hybridized carbons (Fsp3) is 0. The first-order valence-corrected chi connectivity index (χ1v) is 17.5. The molecule has 10 rings (SSSR count). The molecule has 0 spiro atoms. The van der Waals surface area contributed by atoms with Gasteiger partial charge in [-0.25, -0.2) is 15.0 Å². The summed E-state index contributed by atoms with van der Waals surface area (Å²) in [6.45, 7) is 0. The molecule has 1 aliphatic heterocycles. The van der Waals surface area contributed by atoms with Crippen LogP contribution in [0.25, 0.3) is 73.0 Å². The van der Waals surface area contributed by atoms with Gasteiger partial charge in [0.25, 0.3) is 0 Å². The van der Waals surface area contributed by atoms with Gasteiger partial charge in [0.1, 0.15) is 5.82 Å². The zero-order valence-corrected chi connectivity index (χ0v) is 28.1. The molecule has 0 amide bonds. The molecule has 0 bridgehead atoms. The van der Waals surface area contributed by atoms with Crippen molar-refractivity contribution < 1.29 is 0 Å². The van der Waals surface area contributed by atoms with E-state index in [2.05, 4.69) is 137 Å². The fourth-order valence-corrected chi connectivity index (χ4v) is 7.35. The first-order valence-electron chi connectivity index (χ1n) is 17.5. The number of fused-ring (bicyclic) bond motifs is 7. The van der Waals surface area contributed by atoms with Gasteiger partial charge in [-0.05, 0) is 53.6 Å². The van der Waals surface area contributed by atoms with Crippen molar-refractivity contribution in [2.45, 2.75) is 0 Å². The summed E-state index contributed by atoms with van der Waals surface area (Å²) in [7, 11) is 0.